The van der Waals surface area contributed by atoms with E-state index in [-0.39, 0.29) is 33.7 Å². The van der Waals surface area contributed by atoms with E-state index in [1.54, 1.807) is 13.8 Å². The number of unbranched alkanes of at least 4 members (excludes halogenated alkanes) is 8. The Morgan fingerprint density at radius 3 is 1.81 bits per heavy atom. The van der Waals surface area contributed by atoms with Crippen LogP contribution in [-0.2, 0) is 14.3 Å². The van der Waals surface area contributed by atoms with Crippen molar-refractivity contribution in [3.63, 3.8) is 0 Å². The van der Waals surface area contributed by atoms with E-state index in [2.05, 4.69) is 6.92 Å². The maximum atomic E-state index is 12.9. The number of ether oxygens (including phenoxy) is 2. The highest BCUT2D eigenvalue weighted by Gasteiger charge is 2.46. The lowest BCUT2D eigenvalue weighted by Crippen LogP contribution is -2.42. The van der Waals surface area contributed by atoms with Crippen LogP contribution in [0, 0.1) is 5.41 Å². The van der Waals surface area contributed by atoms with Crippen molar-refractivity contribution in [2.45, 2.75) is 91.4 Å². The third-order valence-corrected chi connectivity index (χ3v) is 6.66. The molecule has 0 aromatic heterocycles. The Kier molecular flexibility index (Phi) is 13.6. The molecule has 1 aromatic carbocycles. The second kappa shape index (κ2) is 15.0. The van der Waals surface area contributed by atoms with Gasteiger partial charge in [-0.3, -0.25) is 9.59 Å². The van der Waals surface area contributed by atoms with Gasteiger partial charge in [-0.2, -0.15) is 0 Å². The molecule has 7 heteroatoms. The van der Waals surface area contributed by atoms with Gasteiger partial charge in [-0.05, 0) is 25.3 Å². The summed E-state index contributed by atoms with van der Waals surface area (Å²) >= 11 is 18.0. The summed E-state index contributed by atoms with van der Waals surface area (Å²) in [4.78, 5) is 25.7. The summed E-state index contributed by atoms with van der Waals surface area (Å²) in [5.74, 6) is -1.19. The van der Waals surface area contributed by atoms with Gasteiger partial charge in [0, 0.05) is 6.07 Å². The normalized spacial score (nSPS) is 11.4. The molecule has 0 amide bonds. The number of rotatable bonds is 15. The molecule has 0 radical (unpaired) electrons. The number of benzene rings is 1. The van der Waals surface area contributed by atoms with Gasteiger partial charge in [0.05, 0.1) is 21.7 Å². The molecular weight excluding hydrogens is 459 g/mol. The SMILES string of the molecule is CCCCCCCCCCCOC(=O)C(CC)(CC)C(=O)Oc1cc(Cl)c(Cl)cc1Cl. The van der Waals surface area contributed by atoms with E-state index in [4.69, 9.17) is 44.3 Å². The second-order valence-corrected chi connectivity index (χ2v) is 9.06. The van der Waals surface area contributed by atoms with Crippen LogP contribution in [0.15, 0.2) is 12.1 Å². The zero-order chi connectivity index (χ0) is 23.3. The molecular formula is C24H35Cl3O4. The molecule has 0 fully saturated rings. The highest BCUT2D eigenvalue weighted by Crippen LogP contribution is 2.37. The van der Waals surface area contributed by atoms with Gasteiger partial charge in [-0.15, -0.1) is 0 Å². The average molecular weight is 494 g/mol. The minimum absolute atomic E-state index is 0.0686. The van der Waals surface area contributed by atoms with Crippen molar-refractivity contribution < 1.29 is 19.1 Å². The predicted molar refractivity (Wildman–Crippen MR) is 128 cm³/mol. The Labute approximate surface area is 201 Å². The van der Waals surface area contributed by atoms with Crippen LogP contribution in [0.4, 0.5) is 0 Å². The molecule has 0 spiro atoms. The number of esters is 2. The molecule has 1 aromatic rings. The summed E-state index contributed by atoms with van der Waals surface area (Å²) in [5.41, 5.74) is -1.38. The fourth-order valence-corrected chi connectivity index (χ4v) is 3.98. The Morgan fingerprint density at radius 1 is 0.742 bits per heavy atom. The molecule has 0 heterocycles. The Bertz CT molecular complexity index is 702. The first-order chi connectivity index (χ1) is 14.8. The molecule has 1 rings (SSSR count). The van der Waals surface area contributed by atoms with Crippen LogP contribution in [0.2, 0.25) is 15.1 Å². The predicted octanol–water partition coefficient (Wildman–Crippen LogP) is 8.43. The molecule has 176 valence electrons. The highest BCUT2D eigenvalue weighted by atomic mass is 35.5. The standard InChI is InChI=1S/C24H35Cl3O4/c1-4-7-8-9-10-11-12-13-14-15-30-22(28)24(5-2,6-3)23(29)31-21-17-19(26)18(25)16-20(21)27/h16-17H,4-15H2,1-3H3. The first-order valence-electron chi connectivity index (χ1n) is 11.4. The first-order valence-corrected chi connectivity index (χ1v) is 12.5. The summed E-state index contributed by atoms with van der Waals surface area (Å²) in [5, 5.41) is 0.608. The molecule has 0 atom stereocenters. The van der Waals surface area contributed by atoms with E-state index in [0.717, 1.165) is 19.3 Å². The van der Waals surface area contributed by atoms with Gasteiger partial charge < -0.3 is 9.47 Å². The highest BCUT2D eigenvalue weighted by molar-refractivity contribution is 6.43. The van der Waals surface area contributed by atoms with Gasteiger partial charge in [0.2, 0.25) is 0 Å². The Morgan fingerprint density at radius 2 is 1.26 bits per heavy atom. The van der Waals surface area contributed by atoms with Crippen molar-refractivity contribution >= 4 is 46.7 Å². The zero-order valence-corrected chi connectivity index (χ0v) is 21.2. The molecule has 0 aliphatic heterocycles. The van der Waals surface area contributed by atoms with Crippen molar-refractivity contribution in [1.82, 2.24) is 0 Å². The summed E-state index contributed by atoms with van der Waals surface area (Å²) in [6, 6.07) is 2.77. The number of hydrogen-bond acceptors (Lipinski definition) is 4. The van der Waals surface area contributed by atoms with Gasteiger partial charge in [-0.1, -0.05) is 107 Å². The molecule has 0 saturated heterocycles. The topological polar surface area (TPSA) is 52.6 Å². The monoisotopic (exact) mass is 492 g/mol. The summed E-state index contributed by atoms with van der Waals surface area (Å²) < 4.78 is 10.9. The summed E-state index contributed by atoms with van der Waals surface area (Å²) in [7, 11) is 0. The number of halogens is 3. The largest absolute Gasteiger partial charge is 0.465 e. The number of carbonyl (C=O) groups excluding carboxylic acids is 2. The lowest BCUT2D eigenvalue weighted by molar-refractivity contribution is -0.168. The molecule has 0 aliphatic rings. The Hall–Kier alpha value is -0.970. The molecule has 0 N–H and O–H groups in total. The first kappa shape index (κ1) is 28.1. The van der Waals surface area contributed by atoms with E-state index >= 15 is 0 Å². The maximum Gasteiger partial charge on any atom is 0.328 e. The van der Waals surface area contributed by atoms with Gasteiger partial charge in [-0.25, -0.2) is 0 Å². The van der Waals surface area contributed by atoms with Crippen molar-refractivity contribution in [2.24, 2.45) is 5.41 Å². The van der Waals surface area contributed by atoms with Crippen molar-refractivity contribution in [3.8, 4) is 5.75 Å². The summed E-state index contributed by atoms with van der Waals surface area (Å²) in [6.45, 7) is 6.05. The van der Waals surface area contributed by atoms with E-state index in [9.17, 15) is 9.59 Å². The fourth-order valence-electron chi connectivity index (χ4n) is 3.41. The van der Waals surface area contributed by atoms with Crippen LogP contribution >= 0.6 is 34.8 Å². The van der Waals surface area contributed by atoms with Crippen LogP contribution < -0.4 is 4.74 Å². The van der Waals surface area contributed by atoms with Crippen LogP contribution in [0.5, 0.6) is 5.75 Å². The van der Waals surface area contributed by atoms with Crippen LogP contribution in [0.3, 0.4) is 0 Å². The third-order valence-electron chi connectivity index (χ3n) is 5.65. The van der Waals surface area contributed by atoms with E-state index < -0.39 is 17.4 Å². The average Bonchev–Trinajstić information content (AvgIpc) is 2.74. The zero-order valence-electron chi connectivity index (χ0n) is 18.9. The molecule has 4 nitrogen and oxygen atoms in total. The maximum absolute atomic E-state index is 12.9. The van der Waals surface area contributed by atoms with Crippen LogP contribution in [0.25, 0.3) is 0 Å². The minimum Gasteiger partial charge on any atom is -0.465 e. The smallest absolute Gasteiger partial charge is 0.328 e. The lowest BCUT2D eigenvalue weighted by atomic mass is 9.82. The number of carbonyl (C=O) groups is 2. The minimum atomic E-state index is -1.38. The second-order valence-electron chi connectivity index (χ2n) is 7.84. The van der Waals surface area contributed by atoms with Gasteiger partial charge in [0.25, 0.3) is 0 Å². The van der Waals surface area contributed by atoms with Gasteiger partial charge in [0.15, 0.2) is 11.2 Å². The molecule has 0 unspecified atom stereocenters. The van der Waals surface area contributed by atoms with Crippen LogP contribution in [-0.4, -0.2) is 18.5 Å². The third kappa shape index (κ3) is 8.82. The fraction of sp³-hybridized carbons (Fsp3) is 0.667. The lowest BCUT2D eigenvalue weighted by Gasteiger charge is -2.27. The van der Waals surface area contributed by atoms with E-state index in [0.29, 0.717) is 6.61 Å². The number of hydrogen-bond donors (Lipinski definition) is 0. The molecule has 0 bridgehead atoms. The molecule has 0 aliphatic carbocycles. The van der Waals surface area contributed by atoms with Crippen molar-refractivity contribution in [2.75, 3.05) is 6.61 Å². The van der Waals surface area contributed by atoms with E-state index in [1.807, 2.05) is 0 Å². The summed E-state index contributed by atoms with van der Waals surface area (Å²) in [6.07, 6.45) is 11.1. The van der Waals surface area contributed by atoms with E-state index in [1.165, 1.54) is 50.7 Å². The van der Waals surface area contributed by atoms with Crippen LogP contribution in [0.1, 0.15) is 91.4 Å². The van der Waals surface area contributed by atoms with Gasteiger partial charge >= 0.3 is 11.9 Å². The van der Waals surface area contributed by atoms with Crippen molar-refractivity contribution in [1.29, 1.82) is 0 Å². The molecule has 0 saturated carbocycles. The van der Waals surface area contributed by atoms with Gasteiger partial charge in [0.1, 0.15) is 0 Å². The molecule has 31 heavy (non-hydrogen) atoms. The Balaban J connectivity index is 2.54. The van der Waals surface area contributed by atoms with Crippen molar-refractivity contribution in [3.05, 3.63) is 27.2 Å². The quantitative estimate of drug-likeness (QED) is 0.0808.